The van der Waals surface area contributed by atoms with Gasteiger partial charge in [0.2, 0.25) is 0 Å². The molecule has 14 heavy (non-hydrogen) atoms. The summed E-state index contributed by atoms with van der Waals surface area (Å²) in [6, 6.07) is 1.15. The van der Waals surface area contributed by atoms with E-state index in [9.17, 15) is 12.9 Å². The van der Waals surface area contributed by atoms with Gasteiger partial charge in [-0.05, 0) is 12.3 Å². The van der Waals surface area contributed by atoms with Gasteiger partial charge in [-0.25, -0.2) is 0 Å². The number of halogens is 3. The van der Waals surface area contributed by atoms with Crippen LogP contribution in [0.15, 0.2) is 11.4 Å². The molecule has 0 aliphatic carbocycles. The zero-order valence-corrected chi connectivity index (χ0v) is 12.0. The van der Waals surface area contributed by atoms with E-state index in [2.05, 4.69) is 0 Å². The molecule has 0 aliphatic rings. The number of ether oxygens (including phenoxy) is 1. The van der Waals surface area contributed by atoms with E-state index in [0.29, 0.717) is 11.5 Å². The third-order valence-corrected chi connectivity index (χ3v) is 2.43. The van der Waals surface area contributed by atoms with Crippen LogP contribution in [-0.2, 0) is 11.3 Å². The summed E-state index contributed by atoms with van der Waals surface area (Å²) in [4.78, 5) is 0.621. The quantitative estimate of drug-likeness (QED) is 0.643. The molecule has 0 N–H and O–H groups in total. The topological polar surface area (TPSA) is 9.23 Å². The molecule has 0 amide bonds. The Kier molecular flexibility index (Phi) is 7.22. The van der Waals surface area contributed by atoms with Crippen molar-refractivity contribution >= 4 is 23.8 Å². The van der Waals surface area contributed by atoms with Crippen LogP contribution in [0.1, 0.15) is 11.8 Å². The molecule has 0 saturated heterocycles. The third kappa shape index (κ3) is 4.78. The molecule has 0 fully saturated rings. The minimum Gasteiger partial charge on any atom is -0.445 e. The SMILES string of the molecule is CCOCc1cc([B-](F)(F)F)cs1.[K+]. The first-order valence-corrected chi connectivity index (χ1v) is 4.77. The summed E-state index contributed by atoms with van der Waals surface area (Å²) >= 11 is 1.09. The molecule has 0 aromatic carbocycles. The van der Waals surface area contributed by atoms with Crippen LogP contribution in [-0.4, -0.2) is 13.6 Å². The minimum atomic E-state index is -4.85. The van der Waals surface area contributed by atoms with Crippen LogP contribution in [0.25, 0.3) is 0 Å². The van der Waals surface area contributed by atoms with Gasteiger partial charge in [-0.1, -0.05) is 11.5 Å². The Morgan fingerprint density at radius 2 is 2.07 bits per heavy atom. The van der Waals surface area contributed by atoms with Crippen LogP contribution in [0, 0.1) is 0 Å². The van der Waals surface area contributed by atoms with Gasteiger partial charge in [0.15, 0.2) is 0 Å². The zero-order chi connectivity index (χ0) is 9.90. The van der Waals surface area contributed by atoms with Crippen molar-refractivity contribution in [2.75, 3.05) is 6.61 Å². The van der Waals surface area contributed by atoms with E-state index in [1.807, 2.05) is 6.92 Å². The summed E-state index contributed by atoms with van der Waals surface area (Å²) < 4.78 is 41.5. The third-order valence-electron chi connectivity index (χ3n) is 1.50. The summed E-state index contributed by atoms with van der Waals surface area (Å²) in [5, 5.41) is 1.13. The molecule has 74 valence electrons. The number of hydrogen-bond acceptors (Lipinski definition) is 2. The van der Waals surface area contributed by atoms with E-state index in [1.54, 1.807) is 0 Å². The van der Waals surface area contributed by atoms with Crippen LogP contribution >= 0.6 is 11.3 Å². The monoisotopic (exact) mass is 248 g/mol. The second-order valence-electron chi connectivity index (χ2n) is 2.56. The van der Waals surface area contributed by atoms with Gasteiger partial charge in [0, 0.05) is 11.5 Å². The first-order chi connectivity index (χ1) is 6.04. The fourth-order valence-electron chi connectivity index (χ4n) is 0.848. The minimum absolute atomic E-state index is 0. The van der Waals surface area contributed by atoms with E-state index in [4.69, 9.17) is 4.74 Å². The van der Waals surface area contributed by atoms with Crippen molar-refractivity contribution in [2.45, 2.75) is 13.5 Å². The average molecular weight is 248 g/mol. The summed E-state index contributed by atoms with van der Waals surface area (Å²) in [5.74, 6) is 0. The van der Waals surface area contributed by atoms with Crippen molar-refractivity contribution < 1.29 is 69.1 Å². The Balaban J connectivity index is 0.00000169. The molecule has 1 aromatic rings. The predicted molar refractivity (Wildman–Crippen MR) is 48.4 cm³/mol. The molecule has 0 atom stereocenters. The van der Waals surface area contributed by atoms with E-state index in [1.165, 1.54) is 0 Å². The molecule has 1 heterocycles. The normalized spacial score (nSPS) is 11.1. The fraction of sp³-hybridized carbons (Fsp3) is 0.429. The van der Waals surface area contributed by atoms with Gasteiger partial charge in [0.1, 0.15) is 0 Å². The second kappa shape index (κ2) is 6.67. The summed E-state index contributed by atoms with van der Waals surface area (Å²) in [6.07, 6.45) is 0. The number of hydrogen-bond donors (Lipinski definition) is 0. The van der Waals surface area contributed by atoms with Crippen LogP contribution in [0.5, 0.6) is 0 Å². The number of rotatable bonds is 4. The van der Waals surface area contributed by atoms with E-state index >= 15 is 0 Å². The van der Waals surface area contributed by atoms with Crippen molar-refractivity contribution in [3.8, 4) is 0 Å². The summed E-state index contributed by atoms with van der Waals surface area (Å²) in [6.45, 7) is -2.25. The van der Waals surface area contributed by atoms with Crippen molar-refractivity contribution in [1.82, 2.24) is 0 Å². The number of thiophene rings is 1. The maximum Gasteiger partial charge on any atom is 1.00 e. The predicted octanol–water partition coefficient (Wildman–Crippen LogP) is -0.657. The van der Waals surface area contributed by atoms with E-state index in [0.717, 1.165) is 22.8 Å². The summed E-state index contributed by atoms with van der Waals surface area (Å²) in [5.41, 5.74) is -0.528. The van der Waals surface area contributed by atoms with E-state index in [-0.39, 0.29) is 58.0 Å². The van der Waals surface area contributed by atoms with Crippen molar-refractivity contribution in [2.24, 2.45) is 0 Å². The molecule has 7 heteroatoms. The van der Waals surface area contributed by atoms with Crippen molar-refractivity contribution in [1.29, 1.82) is 0 Å². The van der Waals surface area contributed by atoms with Crippen LogP contribution < -0.4 is 56.8 Å². The standard InChI is InChI=1S/C7H9BF3OS.K/c1-2-12-4-7-3-6(5-13-7)8(9,10)11;/h3,5H,2,4H2,1H3;/q-1;+1. The smallest absolute Gasteiger partial charge is 0.445 e. The Morgan fingerprint density at radius 3 is 2.50 bits per heavy atom. The Bertz CT molecular complexity index is 276. The van der Waals surface area contributed by atoms with Crippen LogP contribution in [0.4, 0.5) is 12.9 Å². The van der Waals surface area contributed by atoms with Gasteiger partial charge < -0.3 is 17.7 Å². The zero-order valence-electron chi connectivity index (χ0n) is 8.10. The maximum absolute atomic E-state index is 12.2. The van der Waals surface area contributed by atoms with Gasteiger partial charge in [0.05, 0.1) is 6.61 Å². The van der Waals surface area contributed by atoms with E-state index < -0.39 is 12.4 Å². The Hall–Kier alpha value is 1.15. The summed E-state index contributed by atoms with van der Waals surface area (Å²) in [7, 11) is 0. The molecule has 1 rings (SSSR count). The Labute approximate surface area is 128 Å². The molecule has 1 nitrogen and oxygen atoms in total. The average Bonchev–Trinajstić information content (AvgIpc) is 2.47. The molecule has 1 aromatic heterocycles. The fourth-order valence-corrected chi connectivity index (χ4v) is 1.71. The van der Waals surface area contributed by atoms with Gasteiger partial charge in [-0.15, -0.1) is 11.3 Å². The molecular weight excluding hydrogens is 239 g/mol. The van der Waals surface area contributed by atoms with Gasteiger partial charge in [0.25, 0.3) is 0 Å². The van der Waals surface area contributed by atoms with Gasteiger partial charge >= 0.3 is 58.4 Å². The second-order valence-corrected chi connectivity index (χ2v) is 3.55. The molecule has 0 spiro atoms. The van der Waals surface area contributed by atoms with Gasteiger partial charge in [-0.2, -0.15) is 0 Å². The molecule has 0 unspecified atom stereocenters. The molecule has 0 radical (unpaired) electrons. The molecule has 0 bridgehead atoms. The van der Waals surface area contributed by atoms with Crippen molar-refractivity contribution in [3.05, 3.63) is 16.3 Å². The first kappa shape index (κ1) is 15.2. The first-order valence-electron chi connectivity index (χ1n) is 3.89. The van der Waals surface area contributed by atoms with Crippen LogP contribution in [0.3, 0.4) is 0 Å². The van der Waals surface area contributed by atoms with Crippen molar-refractivity contribution in [3.63, 3.8) is 0 Å². The Morgan fingerprint density at radius 1 is 1.43 bits per heavy atom. The van der Waals surface area contributed by atoms with Gasteiger partial charge in [-0.3, -0.25) is 0 Å². The van der Waals surface area contributed by atoms with Crippen LogP contribution in [0.2, 0.25) is 0 Å². The maximum atomic E-state index is 12.2. The largest absolute Gasteiger partial charge is 1.00 e. The molecule has 0 saturated carbocycles. The molecule has 0 aliphatic heterocycles. The molecular formula is C7H9BF3KOS.